The molecule has 3 amide bonds. The van der Waals surface area contributed by atoms with Gasteiger partial charge < -0.3 is 10.6 Å². The fourth-order valence-electron chi connectivity index (χ4n) is 3.36. The number of nitrogens with zero attached hydrogens (tertiary/aromatic N) is 2. The summed E-state index contributed by atoms with van der Waals surface area (Å²) < 4.78 is 0. The highest BCUT2D eigenvalue weighted by molar-refractivity contribution is 5.88. The monoisotopic (exact) mass is 414 g/mol. The van der Waals surface area contributed by atoms with Gasteiger partial charge in [0.15, 0.2) is 6.19 Å². The molecule has 1 atom stereocenters. The normalized spacial score (nSPS) is 11.4. The molecule has 0 bridgehead atoms. The molecule has 2 N–H and O–H groups in total. The van der Waals surface area contributed by atoms with E-state index in [1.807, 2.05) is 79.8 Å². The third-order valence-electron chi connectivity index (χ3n) is 5.13. The number of amides is 3. The van der Waals surface area contributed by atoms with E-state index >= 15 is 0 Å². The van der Waals surface area contributed by atoms with Gasteiger partial charge in [-0.2, -0.15) is 5.26 Å². The molecule has 3 rings (SSSR count). The van der Waals surface area contributed by atoms with Crippen molar-refractivity contribution in [1.29, 1.82) is 5.26 Å². The van der Waals surface area contributed by atoms with Crippen molar-refractivity contribution in [1.82, 2.24) is 15.5 Å². The highest BCUT2D eigenvalue weighted by Crippen LogP contribution is 2.17. The van der Waals surface area contributed by atoms with Crippen molar-refractivity contribution in [3.05, 3.63) is 83.4 Å². The first-order valence-electron chi connectivity index (χ1n) is 10.3. The van der Waals surface area contributed by atoms with Crippen LogP contribution in [0.4, 0.5) is 4.79 Å². The van der Waals surface area contributed by atoms with Gasteiger partial charge in [0.1, 0.15) is 6.04 Å². The van der Waals surface area contributed by atoms with E-state index in [0.29, 0.717) is 13.0 Å². The number of hydrogen-bond acceptors (Lipinski definition) is 3. The number of rotatable bonds is 7. The third-order valence-corrected chi connectivity index (χ3v) is 5.13. The molecule has 0 fully saturated rings. The minimum atomic E-state index is -0.848. The molecule has 0 aliphatic heterocycles. The number of nitrogens with one attached hydrogen (secondary N) is 2. The molecule has 0 aromatic heterocycles. The third kappa shape index (κ3) is 5.83. The van der Waals surface area contributed by atoms with Crippen molar-refractivity contribution in [3.63, 3.8) is 0 Å². The van der Waals surface area contributed by atoms with Gasteiger partial charge in [-0.15, -0.1) is 0 Å². The average molecular weight is 415 g/mol. The SMILES string of the molecule is CCN(C#N)C(=O)C(Cc1ccc2ccccc2c1)NC(=O)NCc1ccc(C)cc1. The van der Waals surface area contributed by atoms with Gasteiger partial charge in [-0.25, -0.2) is 9.69 Å². The number of hydrogen-bond donors (Lipinski definition) is 2. The van der Waals surface area contributed by atoms with Crippen LogP contribution in [0.1, 0.15) is 23.6 Å². The number of aryl methyl sites for hydroxylation is 1. The Morgan fingerprint density at radius 3 is 2.35 bits per heavy atom. The van der Waals surface area contributed by atoms with Gasteiger partial charge >= 0.3 is 6.03 Å². The summed E-state index contributed by atoms with van der Waals surface area (Å²) in [6.07, 6.45) is 2.19. The molecule has 0 aliphatic rings. The summed E-state index contributed by atoms with van der Waals surface area (Å²) in [7, 11) is 0. The topological polar surface area (TPSA) is 85.2 Å². The quantitative estimate of drug-likeness (QED) is 0.454. The van der Waals surface area contributed by atoms with Crippen LogP contribution in [0.15, 0.2) is 66.7 Å². The molecule has 0 heterocycles. The standard InChI is InChI=1S/C25H26N4O2/c1-3-29(17-26)24(30)23(15-20-12-13-21-6-4-5-7-22(21)14-20)28-25(31)27-16-19-10-8-18(2)9-11-19/h4-14,23H,3,15-16H2,1-2H3,(H2,27,28,31). The predicted octanol–water partition coefficient (Wildman–Crippen LogP) is 3.89. The summed E-state index contributed by atoms with van der Waals surface area (Å²) in [6, 6.07) is 20.4. The first-order chi connectivity index (χ1) is 15.0. The van der Waals surface area contributed by atoms with E-state index in [-0.39, 0.29) is 6.54 Å². The van der Waals surface area contributed by atoms with Gasteiger partial charge in [0, 0.05) is 19.5 Å². The molecule has 3 aromatic rings. The summed E-state index contributed by atoms with van der Waals surface area (Å²) in [6.45, 7) is 4.32. The number of nitriles is 1. The Balaban J connectivity index is 1.73. The van der Waals surface area contributed by atoms with E-state index in [0.717, 1.165) is 32.4 Å². The first kappa shape index (κ1) is 21.8. The number of carbonyl (C=O) groups is 2. The van der Waals surface area contributed by atoms with E-state index in [9.17, 15) is 14.9 Å². The van der Waals surface area contributed by atoms with Crippen molar-refractivity contribution in [2.45, 2.75) is 32.9 Å². The zero-order valence-electron chi connectivity index (χ0n) is 17.8. The van der Waals surface area contributed by atoms with Crippen molar-refractivity contribution < 1.29 is 9.59 Å². The molecular formula is C25H26N4O2. The van der Waals surface area contributed by atoms with Gasteiger partial charge in [-0.1, -0.05) is 72.3 Å². The minimum absolute atomic E-state index is 0.246. The second-order valence-corrected chi connectivity index (χ2v) is 7.43. The summed E-state index contributed by atoms with van der Waals surface area (Å²) >= 11 is 0. The van der Waals surface area contributed by atoms with Crippen molar-refractivity contribution in [2.75, 3.05) is 6.54 Å². The molecule has 0 radical (unpaired) electrons. The largest absolute Gasteiger partial charge is 0.334 e. The lowest BCUT2D eigenvalue weighted by Crippen LogP contribution is -2.51. The van der Waals surface area contributed by atoms with Crippen LogP contribution >= 0.6 is 0 Å². The van der Waals surface area contributed by atoms with E-state index in [1.165, 1.54) is 0 Å². The second-order valence-electron chi connectivity index (χ2n) is 7.43. The van der Waals surface area contributed by atoms with Crippen molar-refractivity contribution in [3.8, 4) is 6.19 Å². The van der Waals surface area contributed by atoms with Crippen LogP contribution in [-0.4, -0.2) is 29.4 Å². The van der Waals surface area contributed by atoms with Gasteiger partial charge in [0.05, 0.1) is 0 Å². The zero-order chi connectivity index (χ0) is 22.2. The molecule has 0 saturated heterocycles. The molecule has 3 aromatic carbocycles. The number of fused-ring (bicyclic) bond motifs is 1. The lowest BCUT2D eigenvalue weighted by molar-refractivity contribution is -0.129. The van der Waals surface area contributed by atoms with Crippen LogP contribution < -0.4 is 10.6 Å². The van der Waals surface area contributed by atoms with Crippen LogP contribution in [0.25, 0.3) is 10.8 Å². The maximum Gasteiger partial charge on any atom is 0.315 e. The van der Waals surface area contributed by atoms with Crippen LogP contribution in [0.5, 0.6) is 0 Å². The minimum Gasteiger partial charge on any atom is -0.334 e. The van der Waals surface area contributed by atoms with Crippen molar-refractivity contribution >= 4 is 22.7 Å². The number of carbonyl (C=O) groups excluding carboxylic acids is 2. The smallest absolute Gasteiger partial charge is 0.315 e. The molecule has 1 unspecified atom stereocenters. The summed E-state index contributed by atoms with van der Waals surface area (Å²) in [5.41, 5.74) is 3.01. The molecule has 0 spiro atoms. The van der Waals surface area contributed by atoms with Gasteiger partial charge in [0.25, 0.3) is 5.91 Å². The fraction of sp³-hybridized carbons (Fsp3) is 0.240. The lowest BCUT2D eigenvalue weighted by atomic mass is 10.0. The van der Waals surface area contributed by atoms with Crippen LogP contribution in [0.3, 0.4) is 0 Å². The molecule has 6 nitrogen and oxygen atoms in total. The van der Waals surface area contributed by atoms with Gasteiger partial charge in [0.2, 0.25) is 0 Å². The Kier molecular flexibility index (Phi) is 7.23. The van der Waals surface area contributed by atoms with E-state index in [2.05, 4.69) is 10.6 Å². The van der Waals surface area contributed by atoms with Crippen LogP contribution in [0.2, 0.25) is 0 Å². The van der Waals surface area contributed by atoms with Gasteiger partial charge in [-0.05, 0) is 35.7 Å². The molecular weight excluding hydrogens is 388 g/mol. The van der Waals surface area contributed by atoms with E-state index in [4.69, 9.17) is 0 Å². The summed E-state index contributed by atoms with van der Waals surface area (Å²) in [5, 5.41) is 17.0. The molecule has 31 heavy (non-hydrogen) atoms. The summed E-state index contributed by atoms with van der Waals surface area (Å²) in [4.78, 5) is 26.5. The van der Waals surface area contributed by atoms with E-state index < -0.39 is 18.0 Å². The first-order valence-corrected chi connectivity index (χ1v) is 10.3. The number of urea groups is 1. The average Bonchev–Trinajstić information content (AvgIpc) is 2.79. The van der Waals surface area contributed by atoms with Crippen molar-refractivity contribution in [2.24, 2.45) is 0 Å². The van der Waals surface area contributed by atoms with Crippen LogP contribution in [-0.2, 0) is 17.8 Å². The molecule has 6 heteroatoms. The molecule has 0 aliphatic carbocycles. The van der Waals surface area contributed by atoms with Gasteiger partial charge in [-0.3, -0.25) is 4.79 Å². The Hall–Kier alpha value is -3.85. The Bertz CT molecular complexity index is 1100. The number of benzene rings is 3. The highest BCUT2D eigenvalue weighted by Gasteiger charge is 2.25. The Labute approximate surface area is 182 Å². The maximum absolute atomic E-state index is 12.9. The Morgan fingerprint density at radius 2 is 1.68 bits per heavy atom. The predicted molar refractivity (Wildman–Crippen MR) is 121 cm³/mol. The highest BCUT2D eigenvalue weighted by atomic mass is 16.2. The van der Waals surface area contributed by atoms with Crippen LogP contribution in [0, 0.1) is 18.4 Å². The fourth-order valence-corrected chi connectivity index (χ4v) is 3.36. The Morgan fingerprint density at radius 1 is 1.00 bits per heavy atom. The summed E-state index contributed by atoms with van der Waals surface area (Å²) in [5.74, 6) is -0.427. The maximum atomic E-state index is 12.9. The molecule has 0 saturated carbocycles. The number of likely N-dealkylation sites (N-methyl/N-ethyl adjacent to an activating group) is 1. The van der Waals surface area contributed by atoms with E-state index in [1.54, 1.807) is 6.92 Å². The zero-order valence-corrected chi connectivity index (χ0v) is 17.8. The lowest BCUT2D eigenvalue weighted by Gasteiger charge is -2.22. The molecule has 158 valence electrons. The second kappa shape index (κ2) is 10.3.